The predicted molar refractivity (Wildman–Crippen MR) is 125 cm³/mol. The molecule has 1 N–H and O–H groups in total. The minimum absolute atomic E-state index is 0.0523. The number of hydrogen-bond donors (Lipinski definition) is 1. The highest BCUT2D eigenvalue weighted by atomic mass is 79.9. The lowest BCUT2D eigenvalue weighted by molar-refractivity contribution is -0.145. The maximum atomic E-state index is 13.0. The van der Waals surface area contributed by atoms with Crippen molar-refractivity contribution in [3.63, 3.8) is 0 Å². The molecule has 1 aliphatic heterocycles. The van der Waals surface area contributed by atoms with Crippen molar-refractivity contribution in [3.8, 4) is 11.5 Å². The Morgan fingerprint density at radius 1 is 1.21 bits per heavy atom. The van der Waals surface area contributed by atoms with Crippen LogP contribution in [0.25, 0.3) is 6.08 Å². The van der Waals surface area contributed by atoms with Crippen molar-refractivity contribution in [2.24, 2.45) is 5.10 Å². The van der Waals surface area contributed by atoms with Crippen LogP contribution in [-0.2, 0) is 14.3 Å². The fraction of sp³-hybridized carbons (Fsp3) is 0.217. The van der Waals surface area contributed by atoms with E-state index in [0.717, 1.165) is 5.01 Å². The van der Waals surface area contributed by atoms with Gasteiger partial charge in [0, 0.05) is 4.47 Å². The number of carboxylic acid groups (broad SMARTS) is 1. The number of rotatable bonds is 8. The first-order valence-corrected chi connectivity index (χ1v) is 10.7. The zero-order valence-corrected chi connectivity index (χ0v) is 19.7. The van der Waals surface area contributed by atoms with Crippen molar-refractivity contribution in [2.75, 3.05) is 25.3 Å². The molecule has 0 aliphatic carbocycles. The maximum Gasteiger partial charge on any atom is 0.344 e. The molecule has 1 aliphatic rings. The van der Waals surface area contributed by atoms with E-state index in [-0.39, 0.29) is 18.8 Å². The van der Waals surface area contributed by atoms with Crippen LogP contribution in [0.1, 0.15) is 29.8 Å². The van der Waals surface area contributed by atoms with Gasteiger partial charge in [-0.05, 0) is 55.8 Å². The summed E-state index contributed by atoms with van der Waals surface area (Å²) in [6.45, 7) is 3.37. The highest BCUT2D eigenvalue weighted by Gasteiger charge is 2.29. The minimum Gasteiger partial charge on any atom is -0.493 e. The number of esters is 1. The van der Waals surface area contributed by atoms with Gasteiger partial charge in [0.15, 0.2) is 18.1 Å². The molecule has 33 heavy (non-hydrogen) atoms. The molecule has 0 radical (unpaired) electrons. The number of anilines is 1. The van der Waals surface area contributed by atoms with E-state index < -0.39 is 17.8 Å². The topological polar surface area (TPSA) is 115 Å². The molecule has 0 saturated heterocycles. The van der Waals surface area contributed by atoms with Crippen molar-refractivity contribution >= 4 is 51.3 Å². The van der Waals surface area contributed by atoms with Crippen LogP contribution < -0.4 is 14.5 Å². The number of carbonyl (C=O) groups excluding carboxylic acids is 2. The Hall–Kier alpha value is -3.66. The second kappa shape index (κ2) is 10.3. The Morgan fingerprint density at radius 2 is 1.97 bits per heavy atom. The average molecular weight is 517 g/mol. The van der Waals surface area contributed by atoms with Crippen molar-refractivity contribution < 1.29 is 33.7 Å². The van der Waals surface area contributed by atoms with E-state index in [1.54, 1.807) is 44.2 Å². The lowest BCUT2D eigenvalue weighted by atomic mass is 10.1. The second-order valence-electron chi connectivity index (χ2n) is 6.83. The van der Waals surface area contributed by atoms with Gasteiger partial charge < -0.3 is 19.3 Å². The third-order valence-electron chi connectivity index (χ3n) is 4.63. The fourth-order valence-corrected chi connectivity index (χ4v) is 3.50. The van der Waals surface area contributed by atoms with E-state index in [2.05, 4.69) is 21.0 Å². The monoisotopic (exact) mass is 516 g/mol. The van der Waals surface area contributed by atoms with E-state index in [1.165, 1.54) is 19.2 Å². The van der Waals surface area contributed by atoms with E-state index in [1.807, 2.05) is 0 Å². The lowest BCUT2D eigenvalue weighted by Gasteiger charge is -2.13. The van der Waals surface area contributed by atoms with Gasteiger partial charge in [0.2, 0.25) is 0 Å². The van der Waals surface area contributed by atoms with Gasteiger partial charge in [-0.2, -0.15) is 10.1 Å². The van der Waals surface area contributed by atoms with Crippen LogP contribution in [0, 0.1) is 0 Å². The van der Waals surface area contributed by atoms with Gasteiger partial charge in [0.1, 0.15) is 0 Å². The number of hydrazone groups is 1. The number of nitrogens with zero attached hydrogens (tertiary/aromatic N) is 2. The number of amides is 1. The van der Waals surface area contributed by atoms with E-state index in [9.17, 15) is 19.5 Å². The number of aromatic carboxylic acids is 1. The first kappa shape index (κ1) is 24.0. The Morgan fingerprint density at radius 3 is 2.64 bits per heavy atom. The smallest absolute Gasteiger partial charge is 0.344 e. The number of halogens is 1. The van der Waals surface area contributed by atoms with Crippen LogP contribution >= 0.6 is 15.9 Å². The maximum absolute atomic E-state index is 13.0. The van der Waals surface area contributed by atoms with Crippen molar-refractivity contribution in [3.05, 3.63) is 57.6 Å². The van der Waals surface area contributed by atoms with Crippen LogP contribution in [-0.4, -0.2) is 49.0 Å². The Labute approximate surface area is 198 Å². The molecule has 0 fully saturated rings. The largest absolute Gasteiger partial charge is 0.493 e. The molecule has 0 atom stereocenters. The molecule has 2 aromatic carbocycles. The van der Waals surface area contributed by atoms with Crippen LogP contribution in [0.2, 0.25) is 0 Å². The molecule has 0 unspecified atom stereocenters. The van der Waals surface area contributed by atoms with Crippen LogP contribution in [0.15, 0.2) is 51.5 Å². The summed E-state index contributed by atoms with van der Waals surface area (Å²) < 4.78 is 16.3. The molecule has 0 bridgehead atoms. The second-order valence-corrected chi connectivity index (χ2v) is 7.69. The zero-order chi connectivity index (χ0) is 24.1. The molecule has 2 aromatic rings. The van der Waals surface area contributed by atoms with Crippen LogP contribution in [0.5, 0.6) is 11.5 Å². The first-order valence-electron chi connectivity index (χ1n) is 9.86. The number of ether oxygens (including phenoxy) is 3. The third-order valence-corrected chi connectivity index (χ3v) is 5.32. The van der Waals surface area contributed by atoms with Gasteiger partial charge in [-0.1, -0.05) is 22.0 Å². The average Bonchev–Trinajstić information content (AvgIpc) is 3.07. The number of carbonyl (C=O) groups is 3. The molecule has 10 heteroatoms. The van der Waals surface area contributed by atoms with E-state index in [0.29, 0.717) is 38.5 Å². The van der Waals surface area contributed by atoms with Gasteiger partial charge in [0.05, 0.1) is 36.3 Å². The first-order chi connectivity index (χ1) is 15.7. The summed E-state index contributed by atoms with van der Waals surface area (Å²) in [5.41, 5.74) is 1.82. The lowest BCUT2D eigenvalue weighted by Crippen LogP contribution is -2.21. The third kappa shape index (κ3) is 5.40. The highest BCUT2D eigenvalue weighted by molar-refractivity contribution is 9.10. The fourth-order valence-electron chi connectivity index (χ4n) is 3.06. The number of methoxy groups -OCH3 is 1. The summed E-state index contributed by atoms with van der Waals surface area (Å²) in [5.74, 6) is -1.31. The summed E-state index contributed by atoms with van der Waals surface area (Å²) >= 11 is 3.45. The molecule has 0 aromatic heterocycles. The zero-order valence-electron chi connectivity index (χ0n) is 18.1. The molecule has 0 spiro atoms. The standard InChI is InChI=1S/C23H21BrN2O7/c1-4-32-21(27)12-33-20-11-18(24)15(10-19(20)31-3)9-17-13(2)25-26(22(17)28)16-7-5-6-14(8-16)23(29)30/h5-11H,4,12H2,1-3H3,(H,29,30)/b17-9+. The molecular weight excluding hydrogens is 496 g/mol. The molecule has 9 nitrogen and oxygen atoms in total. The predicted octanol–water partition coefficient (Wildman–Crippen LogP) is 3.90. The summed E-state index contributed by atoms with van der Waals surface area (Å²) in [7, 11) is 1.46. The summed E-state index contributed by atoms with van der Waals surface area (Å²) in [5, 5.41) is 14.7. The Balaban J connectivity index is 1.89. The summed E-state index contributed by atoms with van der Waals surface area (Å²) in [4.78, 5) is 35.9. The number of carboxylic acids is 1. The van der Waals surface area contributed by atoms with Gasteiger partial charge in [0.25, 0.3) is 5.91 Å². The van der Waals surface area contributed by atoms with E-state index in [4.69, 9.17) is 14.2 Å². The molecule has 1 heterocycles. The van der Waals surface area contributed by atoms with Crippen LogP contribution in [0.4, 0.5) is 5.69 Å². The molecule has 3 rings (SSSR count). The van der Waals surface area contributed by atoms with Crippen molar-refractivity contribution in [1.82, 2.24) is 0 Å². The molecular formula is C23H21BrN2O7. The molecule has 0 saturated carbocycles. The number of hydrogen-bond acceptors (Lipinski definition) is 7. The van der Waals surface area contributed by atoms with Gasteiger partial charge in [-0.25, -0.2) is 9.59 Å². The normalized spacial score (nSPS) is 14.3. The Bertz CT molecular complexity index is 1170. The highest BCUT2D eigenvalue weighted by Crippen LogP contribution is 2.35. The van der Waals surface area contributed by atoms with Gasteiger partial charge >= 0.3 is 11.9 Å². The number of benzene rings is 2. The van der Waals surface area contributed by atoms with Gasteiger partial charge in [-0.3, -0.25) is 4.79 Å². The summed E-state index contributed by atoms with van der Waals surface area (Å²) in [6, 6.07) is 9.27. The molecule has 172 valence electrons. The van der Waals surface area contributed by atoms with Crippen molar-refractivity contribution in [1.29, 1.82) is 0 Å². The molecule has 1 amide bonds. The van der Waals surface area contributed by atoms with Crippen molar-refractivity contribution in [2.45, 2.75) is 13.8 Å². The minimum atomic E-state index is -1.10. The van der Waals surface area contributed by atoms with Gasteiger partial charge in [-0.15, -0.1) is 0 Å². The SMILES string of the molecule is CCOC(=O)COc1cc(Br)c(/C=C2/C(=O)N(c3cccc(C(=O)O)c3)N=C2C)cc1OC. The Kier molecular flexibility index (Phi) is 7.49. The quantitative estimate of drug-likeness (QED) is 0.417. The van der Waals surface area contributed by atoms with E-state index >= 15 is 0 Å². The van der Waals surface area contributed by atoms with Crippen LogP contribution in [0.3, 0.4) is 0 Å². The summed E-state index contributed by atoms with van der Waals surface area (Å²) in [6.07, 6.45) is 1.64.